The number of aromatic amines is 1. The van der Waals surface area contributed by atoms with Gasteiger partial charge in [-0.05, 0) is 29.7 Å². The van der Waals surface area contributed by atoms with Crippen molar-refractivity contribution in [2.75, 3.05) is 0 Å². The van der Waals surface area contributed by atoms with E-state index in [4.69, 9.17) is 11.6 Å². The molecule has 3 heteroatoms. The summed E-state index contributed by atoms with van der Waals surface area (Å²) in [5.41, 5.74) is 3.32. The van der Waals surface area contributed by atoms with Gasteiger partial charge in [0.25, 0.3) is 0 Å². The zero-order chi connectivity index (χ0) is 11.7. The highest BCUT2D eigenvalue weighted by atomic mass is 35.5. The minimum absolute atomic E-state index is 0.629. The van der Waals surface area contributed by atoms with Gasteiger partial charge in [0, 0.05) is 11.6 Å². The summed E-state index contributed by atoms with van der Waals surface area (Å²) < 4.78 is 0. The van der Waals surface area contributed by atoms with E-state index in [0.29, 0.717) is 5.15 Å². The molecule has 0 spiro atoms. The quantitative estimate of drug-likeness (QED) is 0.727. The van der Waals surface area contributed by atoms with Gasteiger partial charge >= 0.3 is 0 Å². The summed E-state index contributed by atoms with van der Waals surface area (Å²) in [5.74, 6) is 0. The van der Waals surface area contributed by atoms with Crippen LogP contribution < -0.4 is 0 Å². The van der Waals surface area contributed by atoms with Crippen molar-refractivity contribution >= 4 is 22.6 Å². The smallest absolute Gasteiger partial charge is 0.138 e. The van der Waals surface area contributed by atoms with E-state index < -0.39 is 0 Å². The lowest BCUT2D eigenvalue weighted by molar-refractivity contribution is 1.16. The fourth-order valence-electron chi connectivity index (χ4n) is 1.96. The molecule has 0 saturated carbocycles. The van der Waals surface area contributed by atoms with Gasteiger partial charge in [-0.15, -0.1) is 0 Å². The molecule has 2 nitrogen and oxygen atoms in total. The molecule has 1 aromatic carbocycles. The third-order valence-corrected chi connectivity index (χ3v) is 2.95. The number of hydrogen-bond acceptors (Lipinski definition) is 1. The fourth-order valence-corrected chi connectivity index (χ4v) is 2.16. The van der Waals surface area contributed by atoms with Crippen LogP contribution in [-0.4, -0.2) is 9.97 Å². The summed E-state index contributed by atoms with van der Waals surface area (Å²) in [7, 11) is 0. The zero-order valence-electron chi connectivity index (χ0n) is 9.15. The molecule has 2 aromatic heterocycles. The molecule has 0 saturated heterocycles. The van der Waals surface area contributed by atoms with Gasteiger partial charge in [0.05, 0.1) is 0 Å². The van der Waals surface area contributed by atoms with E-state index in [0.717, 1.165) is 17.5 Å². The van der Waals surface area contributed by atoms with E-state index in [1.165, 1.54) is 11.1 Å². The summed E-state index contributed by atoms with van der Waals surface area (Å²) in [6.45, 7) is 0. The Balaban J connectivity index is 1.95. The van der Waals surface area contributed by atoms with Gasteiger partial charge in [0.1, 0.15) is 10.8 Å². The number of benzene rings is 1. The number of pyridine rings is 1. The van der Waals surface area contributed by atoms with Gasteiger partial charge in [-0.1, -0.05) is 41.9 Å². The lowest BCUT2D eigenvalue weighted by Crippen LogP contribution is -1.89. The number of nitrogens with one attached hydrogen (secondary N) is 1. The number of nitrogens with zero attached hydrogens (tertiary/aromatic N) is 1. The van der Waals surface area contributed by atoms with Crippen molar-refractivity contribution in [3.63, 3.8) is 0 Å². The lowest BCUT2D eigenvalue weighted by Gasteiger charge is -2.01. The second-order valence-electron chi connectivity index (χ2n) is 4.06. The summed E-state index contributed by atoms with van der Waals surface area (Å²) in [6, 6.07) is 14.4. The van der Waals surface area contributed by atoms with E-state index in [1.54, 1.807) is 0 Å². The van der Waals surface area contributed by atoms with Gasteiger partial charge in [-0.2, -0.15) is 0 Å². The minimum Gasteiger partial charge on any atom is -0.330 e. The van der Waals surface area contributed by atoms with Gasteiger partial charge < -0.3 is 4.98 Å². The molecular weight excluding hydrogens is 232 g/mol. The topological polar surface area (TPSA) is 28.7 Å². The number of H-pyrrole nitrogens is 1. The van der Waals surface area contributed by atoms with Crippen molar-refractivity contribution in [1.82, 2.24) is 9.97 Å². The second-order valence-corrected chi connectivity index (χ2v) is 4.47. The molecule has 3 rings (SSSR count). The highest BCUT2D eigenvalue weighted by Gasteiger charge is 2.02. The third kappa shape index (κ3) is 2.17. The van der Waals surface area contributed by atoms with E-state index in [2.05, 4.69) is 40.3 Å². The first-order valence-corrected chi connectivity index (χ1v) is 5.86. The van der Waals surface area contributed by atoms with E-state index in [9.17, 15) is 0 Å². The Bertz CT molecular complexity index is 644. The fraction of sp³-hybridized carbons (Fsp3) is 0.0714. The van der Waals surface area contributed by atoms with Crippen molar-refractivity contribution in [2.45, 2.75) is 6.42 Å². The average molecular weight is 243 g/mol. The molecule has 0 bridgehead atoms. The first-order valence-electron chi connectivity index (χ1n) is 5.48. The van der Waals surface area contributed by atoms with Crippen LogP contribution in [0.15, 0.2) is 48.7 Å². The predicted octanol–water partition coefficient (Wildman–Crippen LogP) is 3.81. The molecule has 1 N–H and O–H groups in total. The Kier molecular flexibility index (Phi) is 2.57. The maximum absolute atomic E-state index is 5.90. The SMILES string of the molecule is Clc1cc2cc(Cc3ccccc3)cnc2[nH]1. The number of halogens is 1. The van der Waals surface area contributed by atoms with Crippen LogP contribution in [-0.2, 0) is 6.42 Å². The Hall–Kier alpha value is -1.80. The summed E-state index contributed by atoms with van der Waals surface area (Å²) in [4.78, 5) is 7.36. The van der Waals surface area contributed by atoms with E-state index in [1.807, 2.05) is 18.3 Å². The van der Waals surface area contributed by atoms with Crippen LogP contribution in [0.4, 0.5) is 0 Å². The largest absolute Gasteiger partial charge is 0.330 e. The normalized spacial score (nSPS) is 10.9. The molecule has 0 aliphatic carbocycles. The van der Waals surface area contributed by atoms with Crippen LogP contribution in [0, 0.1) is 0 Å². The minimum atomic E-state index is 0.629. The summed E-state index contributed by atoms with van der Waals surface area (Å²) >= 11 is 5.90. The number of aromatic nitrogens is 2. The second kappa shape index (κ2) is 4.22. The van der Waals surface area contributed by atoms with Crippen molar-refractivity contribution in [3.8, 4) is 0 Å². The molecule has 17 heavy (non-hydrogen) atoms. The molecular formula is C14H11ClN2. The highest BCUT2D eigenvalue weighted by molar-refractivity contribution is 6.30. The maximum atomic E-state index is 5.90. The Morgan fingerprint density at radius 3 is 2.71 bits per heavy atom. The zero-order valence-corrected chi connectivity index (χ0v) is 9.91. The molecule has 84 valence electrons. The van der Waals surface area contributed by atoms with Crippen LogP contribution in [0.25, 0.3) is 11.0 Å². The first-order chi connectivity index (χ1) is 8.31. The summed E-state index contributed by atoms with van der Waals surface area (Å²) in [5, 5.41) is 1.69. The lowest BCUT2D eigenvalue weighted by atomic mass is 10.1. The van der Waals surface area contributed by atoms with E-state index >= 15 is 0 Å². The number of rotatable bonds is 2. The van der Waals surface area contributed by atoms with Crippen LogP contribution in [0.5, 0.6) is 0 Å². The predicted molar refractivity (Wildman–Crippen MR) is 70.4 cm³/mol. The third-order valence-electron chi connectivity index (χ3n) is 2.74. The monoisotopic (exact) mass is 242 g/mol. The van der Waals surface area contributed by atoms with Crippen LogP contribution >= 0.6 is 11.6 Å². The molecule has 2 heterocycles. The van der Waals surface area contributed by atoms with Crippen LogP contribution in [0.3, 0.4) is 0 Å². The Morgan fingerprint density at radius 2 is 1.88 bits per heavy atom. The molecule has 0 atom stereocenters. The van der Waals surface area contributed by atoms with Crippen molar-refractivity contribution in [2.24, 2.45) is 0 Å². The molecule has 3 aromatic rings. The van der Waals surface area contributed by atoms with Gasteiger partial charge in [-0.25, -0.2) is 4.98 Å². The molecule has 0 aliphatic heterocycles. The molecule has 0 fully saturated rings. The first kappa shape index (κ1) is 10.4. The highest BCUT2D eigenvalue weighted by Crippen LogP contribution is 2.19. The number of hydrogen-bond donors (Lipinski definition) is 1. The van der Waals surface area contributed by atoms with Crippen molar-refractivity contribution in [3.05, 3.63) is 64.9 Å². The molecule has 0 radical (unpaired) electrons. The van der Waals surface area contributed by atoms with Gasteiger partial charge in [0.15, 0.2) is 0 Å². The standard InChI is InChI=1S/C14H11ClN2/c15-13-8-12-7-11(9-16-14(12)17-13)6-10-4-2-1-3-5-10/h1-5,7-9H,6H2,(H,16,17). The van der Waals surface area contributed by atoms with Crippen LogP contribution in [0.1, 0.15) is 11.1 Å². The number of fused-ring (bicyclic) bond motifs is 1. The van der Waals surface area contributed by atoms with Gasteiger partial charge in [0.2, 0.25) is 0 Å². The van der Waals surface area contributed by atoms with Crippen LogP contribution in [0.2, 0.25) is 5.15 Å². The van der Waals surface area contributed by atoms with Crippen molar-refractivity contribution < 1.29 is 0 Å². The average Bonchev–Trinajstić information content (AvgIpc) is 2.70. The van der Waals surface area contributed by atoms with Crippen molar-refractivity contribution in [1.29, 1.82) is 0 Å². The van der Waals surface area contributed by atoms with Gasteiger partial charge in [-0.3, -0.25) is 0 Å². The Morgan fingerprint density at radius 1 is 1.06 bits per heavy atom. The van der Waals surface area contributed by atoms with E-state index in [-0.39, 0.29) is 0 Å². The molecule has 0 aliphatic rings. The Labute approximate surface area is 104 Å². The molecule has 0 unspecified atom stereocenters. The maximum Gasteiger partial charge on any atom is 0.138 e. The summed E-state index contributed by atoms with van der Waals surface area (Å²) in [6.07, 6.45) is 2.79. The molecule has 0 amide bonds.